The van der Waals surface area contributed by atoms with Crippen LogP contribution >= 0.6 is 11.6 Å². The van der Waals surface area contributed by atoms with Crippen LogP contribution in [0.1, 0.15) is 37.7 Å². The molecule has 0 amide bonds. The van der Waals surface area contributed by atoms with Crippen LogP contribution in [-0.4, -0.2) is 41.7 Å². The van der Waals surface area contributed by atoms with Gasteiger partial charge in [-0.25, -0.2) is 4.98 Å². The summed E-state index contributed by atoms with van der Waals surface area (Å²) in [5.41, 5.74) is 7.30. The molecule has 2 aromatic rings. The molecule has 1 aromatic heterocycles. The molecule has 2 aliphatic rings. The van der Waals surface area contributed by atoms with Crippen LogP contribution in [0.15, 0.2) is 24.4 Å². The lowest BCUT2D eigenvalue weighted by atomic mass is 9.86. The second-order valence-electron chi connectivity index (χ2n) is 7.39. The Hall–Kier alpha value is -1.36. The molecule has 1 aromatic carbocycles. The summed E-state index contributed by atoms with van der Waals surface area (Å²) in [4.78, 5) is 6.76. The Labute approximate surface area is 147 Å². The van der Waals surface area contributed by atoms with Crippen LogP contribution in [0.5, 0.6) is 0 Å². The van der Waals surface area contributed by atoms with E-state index in [0.29, 0.717) is 11.7 Å². The van der Waals surface area contributed by atoms with E-state index in [1.165, 1.54) is 5.56 Å². The number of ether oxygens (including phenoxy) is 1. The van der Waals surface area contributed by atoms with E-state index < -0.39 is 0 Å². The highest BCUT2D eigenvalue weighted by Crippen LogP contribution is 2.38. The molecule has 0 aliphatic carbocycles. The molecular formula is C19H24ClN3O. The maximum atomic E-state index is 6.57. The van der Waals surface area contributed by atoms with Crippen molar-refractivity contribution in [3.8, 4) is 0 Å². The lowest BCUT2D eigenvalue weighted by molar-refractivity contribution is 0.0582. The van der Waals surface area contributed by atoms with Crippen molar-refractivity contribution >= 4 is 28.2 Å². The Morgan fingerprint density at radius 1 is 1.25 bits per heavy atom. The molecule has 3 heterocycles. The van der Waals surface area contributed by atoms with Gasteiger partial charge in [-0.15, -0.1) is 0 Å². The zero-order valence-electron chi connectivity index (χ0n) is 14.1. The average molecular weight is 346 g/mol. The highest BCUT2D eigenvalue weighted by molar-refractivity contribution is 6.32. The molecule has 24 heavy (non-hydrogen) atoms. The molecule has 0 unspecified atom stereocenters. The van der Waals surface area contributed by atoms with E-state index >= 15 is 0 Å². The number of anilines is 1. The number of aromatic nitrogens is 1. The minimum Gasteiger partial charge on any atom is -0.384 e. The summed E-state index contributed by atoms with van der Waals surface area (Å²) in [7, 11) is 0. The zero-order chi connectivity index (χ0) is 16.7. The van der Waals surface area contributed by atoms with Crippen LogP contribution in [0.3, 0.4) is 0 Å². The maximum Gasteiger partial charge on any atom is 0.123 e. The van der Waals surface area contributed by atoms with Crippen molar-refractivity contribution in [2.75, 3.05) is 32.0 Å². The molecule has 4 rings (SSSR count). The minimum absolute atomic E-state index is 0.221. The first-order valence-electron chi connectivity index (χ1n) is 8.73. The highest BCUT2D eigenvalue weighted by atomic mass is 35.5. The topological polar surface area (TPSA) is 51.4 Å². The predicted octanol–water partition coefficient (Wildman–Crippen LogP) is 3.83. The number of rotatable bonds is 2. The number of nitrogens with two attached hydrogens (primary N) is 1. The number of hydrogen-bond donors (Lipinski definition) is 1. The molecule has 4 nitrogen and oxygen atoms in total. The fraction of sp³-hybridized carbons (Fsp3) is 0.526. The third kappa shape index (κ3) is 2.87. The Morgan fingerprint density at radius 2 is 2.04 bits per heavy atom. The van der Waals surface area contributed by atoms with Gasteiger partial charge < -0.3 is 10.5 Å². The molecule has 0 bridgehead atoms. The minimum atomic E-state index is 0.221. The van der Waals surface area contributed by atoms with E-state index in [-0.39, 0.29) is 5.54 Å². The Morgan fingerprint density at radius 3 is 2.75 bits per heavy atom. The fourth-order valence-corrected chi connectivity index (χ4v) is 4.48. The molecule has 0 spiro atoms. The lowest BCUT2D eigenvalue weighted by Gasteiger charge is -2.42. The molecular weight excluding hydrogens is 322 g/mol. The first-order valence-corrected chi connectivity index (χ1v) is 9.10. The highest BCUT2D eigenvalue weighted by Gasteiger charge is 2.38. The Bertz CT molecular complexity index is 750. The number of nitrogen functional groups attached to an aromatic ring is 1. The van der Waals surface area contributed by atoms with E-state index in [1.54, 1.807) is 6.20 Å². The van der Waals surface area contributed by atoms with Crippen LogP contribution in [0.4, 0.5) is 5.82 Å². The van der Waals surface area contributed by atoms with Gasteiger partial charge in [0.25, 0.3) is 0 Å². The third-order valence-corrected chi connectivity index (χ3v) is 6.08. The molecule has 2 fully saturated rings. The summed E-state index contributed by atoms with van der Waals surface area (Å²) in [6.07, 6.45) is 5.22. The quantitative estimate of drug-likeness (QED) is 0.898. The standard InChI is InChI=1S/C19H24ClN3O/c1-19(4-7-24-12-19)23-5-2-13(3-6-23)16-8-14-10-18(21)22-11-15(14)9-17(16)20/h8-11,13H,2-7,12H2,1H3,(H2,21,22)/t19-/m0/s1. The summed E-state index contributed by atoms with van der Waals surface area (Å²) < 4.78 is 5.62. The number of halogens is 1. The van der Waals surface area contributed by atoms with Crippen molar-refractivity contribution in [3.05, 3.63) is 35.0 Å². The number of likely N-dealkylation sites (tertiary alicyclic amines) is 1. The van der Waals surface area contributed by atoms with Gasteiger partial charge >= 0.3 is 0 Å². The van der Waals surface area contributed by atoms with Gasteiger partial charge in [-0.2, -0.15) is 0 Å². The first-order chi connectivity index (χ1) is 11.5. The molecule has 0 radical (unpaired) electrons. The van der Waals surface area contributed by atoms with Gasteiger partial charge in [0.05, 0.1) is 6.61 Å². The van der Waals surface area contributed by atoms with Gasteiger partial charge in [0.2, 0.25) is 0 Å². The van der Waals surface area contributed by atoms with E-state index in [0.717, 1.165) is 61.4 Å². The molecule has 2 aliphatic heterocycles. The van der Waals surface area contributed by atoms with Gasteiger partial charge in [-0.1, -0.05) is 11.6 Å². The largest absolute Gasteiger partial charge is 0.384 e. The number of benzene rings is 1. The van der Waals surface area contributed by atoms with E-state index in [9.17, 15) is 0 Å². The van der Waals surface area contributed by atoms with Crippen molar-refractivity contribution < 1.29 is 4.74 Å². The van der Waals surface area contributed by atoms with Crippen molar-refractivity contribution in [2.24, 2.45) is 0 Å². The first kappa shape index (κ1) is 16.1. The summed E-state index contributed by atoms with van der Waals surface area (Å²) in [5, 5.41) is 3.02. The molecule has 5 heteroatoms. The van der Waals surface area contributed by atoms with Crippen molar-refractivity contribution in [1.82, 2.24) is 9.88 Å². The molecule has 1 atom stereocenters. The Kier molecular flexibility index (Phi) is 4.15. The molecule has 128 valence electrons. The normalized spacial score (nSPS) is 26.2. The number of piperidine rings is 1. The van der Waals surface area contributed by atoms with Crippen LogP contribution in [0, 0.1) is 0 Å². The number of pyridine rings is 1. The van der Waals surface area contributed by atoms with Crippen molar-refractivity contribution in [3.63, 3.8) is 0 Å². The molecule has 0 saturated carbocycles. The molecule has 2 saturated heterocycles. The van der Waals surface area contributed by atoms with Crippen LogP contribution < -0.4 is 5.73 Å². The summed E-state index contributed by atoms with van der Waals surface area (Å²) in [6, 6.07) is 6.16. The van der Waals surface area contributed by atoms with E-state index in [2.05, 4.69) is 22.9 Å². The zero-order valence-corrected chi connectivity index (χ0v) is 14.9. The van der Waals surface area contributed by atoms with Gasteiger partial charge in [0, 0.05) is 28.8 Å². The third-order valence-electron chi connectivity index (χ3n) is 5.75. The summed E-state index contributed by atoms with van der Waals surface area (Å²) >= 11 is 6.57. The summed E-state index contributed by atoms with van der Waals surface area (Å²) in [6.45, 7) is 6.30. The van der Waals surface area contributed by atoms with Crippen LogP contribution in [0.2, 0.25) is 5.02 Å². The van der Waals surface area contributed by atoms with Crippen molar-refractivity contribution in [1.29, 1.82) is 0 Å². The number of hydrogen-bond acceptors (Lipinski definition) is 4. The second kappa shape index (κ2) is 6.17. The Balaban J connectivity index is 1.55. The monoisotopic (exact) mass is 345 g/mol. The van der Waals surface area contributed by atoms with E-state index in [4.69, 9.17) is 22.1 Å². The molecule has 2 N–H and O–H groups in total. The maximum absolute atomic E-state index is 6.57. The lowest BCUT2D eigenvalue weighted by Crippen LogP contribution is -2.50. The van der Waals surface area contributed by atoms with Gasteiger partial charge in [0.15, 0.2) is 0 Å². The van der Waals surface area contributed by atoms with Gasteiger partial charge in [0.1, 0.15) is 5.82 Å². The fourth-order valence-electron chi connectivity index (χ4n) is 4.15. The van der Waals surface area contributed by atoms with E-state index in [1.807, 2.05) is 12.1 Å². The second-order valence-corrected chi connectivity index (χ2v) is 7.80. The average Bonchev–Trinajstić information content (AvgIpc) is 3.03. The predicted molar refractivity (Wildman–Crippen MR) is 98.6 cm³/mol. The van der Waals surface area contributed by atoms with Crippen molar-refractivity contribution in [2.45, 2.75) is 37.6 Å². The number of nitrogens with zero attached hydrogens (tertiary/aromatic N) is 2. The smallest absolute Gasteiger partial charge is 0.123 e. The number of fused-ring (bicyclic) bond motifs is 1. The van der Waals surface area contributed by atoms with Gasteiger partial charge in [-0.3, -0.25) is 4.90 Å². The van der Waals surface area contributed by atoms with Crippen LogP contribution in [-0.2, 0) is 4.74 Å². The van der Waals surface area contributed by atoms with Crippen LogP contribution in [0.25, 0.3) is 10.8 Å². The SMILES string of the molecule is C[C@]1(N2CCC(c3cc4cc(N)ncc4cc3Cl)CC2)CCOC1. The summed E-state index contributed by atoms with van der Waals surface area (Å²) in [5.74, 6) is 1.07. The van der Waals surface area contributed by atoms with Gasteiger partial charge in [-0.05, 0) is 74.3 Å².